The van der Waals surface area contributed by atoms with Gasteiger partial charge in [-0.2, -0.15) is 0 Å². The molecule has 1 nitrogen and oxygen atoms in total. The Balaban J connectivity index is 0. The molecule has 1 aliphatic heterocycles. The molecule has 1 saturated heterocycles. The van der Waals surface area contributed by atoms with Crippen molar-refractivity contribution in [2.75, 3.05) is 13.2 Å². The molecular weight excluding hydrogens is 81.8 g/mol. The molecule has 7 heavy (non-hydrogen) atoms. The van der Waals surface area contributed by atoms with Gasteiger partial charge in [0.1, 0.15) is 0 Å². The third-order valence-electron chi connectivity index (χ3n) is 0.827. The first kappa shape index (κ1) is 10.6. The van der Waals surface area contributed by atoms with Crippen molar-refractivity contribution in [2.45, 2.75) is 12.8 Å². The predicted octanol–water partition coefficient (Wildman–Crippen LogP) is -3.65. The number of hydrogen-bond donors (Lipinski definition) is 0. The van der Waals surface area contributed by atoms with Gasteiger partial charge in [-0.25, -0.2) is 0 Å². The minimum Gasteiger partial charge on any atom is -0.381 e. The molecule has 1 aliphatic rings. The first-order valence-corrected chi connectivity index (χ1v) is 2.08. The SMILES string of the molecule is C1CCOC1.[BH4-].[Li+]. The van der Waals surface area contributed by atoms with Crippen molar-refractivity contribution in [3.63, 3.8) is 0 Å². The van der Waals surface area contributed by atoms with Gasteiger partial charge in [0, 0.05) is 13.2 Å². The van der Waals surface area contributed by atoms with E-state index in [9.17, 15) is 0 Å². The van der Waals surface area contributed by atoms with Gasteiger partial charge in [-0.3, -0.25) is 0 Å². The van der Waals surface area contributed by atoms with E-state index in [2.05, 4.69) is 0 Å². The van der Waals surface area contributed by atoms with E-state index >= 15 is 0 Å². The van der Waals surface area contributed by atoms with Crippen molar-refractivity contribution in [2.24, 2.45) is 0 Å². The van der Waals surface area contributed by atoms with Crippen molar-refractivity contribution in [1.29, 1.82) is 0 Å². The average Bonchev–Trinajstić information content (AvgIpc) is 1.76. The van der Waals surface area contributed by atoms with Crippen LogP contribution >= 0.6 is 0 Å². The standard InChI is InChI=1S/C4H8O.BH4.Li/c1-2-4-5-3-1;;/h1-4H2;1H4;/q;-1;+1. The zero-order valence-electron chi connectivity index (χ0n) is 4.24. The zero-order valence-corrected chi connectivity index (χ0v) is 4.24. The van der Waals surface area contributed by atoms with Crippen LogP contribution in [0.4, 0.5) is 0 Å². The largest absolute Gasteiger partial charge is 1.00 e. The van der Waals surface area contributed by atoms with Crippen LogP contribution in [0.25, 0.3) is 0 Å². The van der Waals surface area contributed by atoms with Crippen LogP contribution in [0.15, 0.2) is 0 Å². The van der Waals surface area contributed by atoms with E-state index in [0.29, 0.717) is 0 Å². The molecule has 0 aliphatic carbocycles. The second kappa shape index (κ2) is 6.62. The summed E-state index contributed by atoms with van der Waals surface area (Å²) in [6.45, 7) is 2.00. The van der Waals surface area contributed by atoms with Crippen LogP contribution in [-0.4, -0.2) is 21.6 Å². The average molecular weight is 93.9 g/mol. The van der Waals surface area contributed by atoms with Crippen molar-refractivity contribution < 1.29 is 23.6 Å². The van der Waals surface area contributed by atoms with Crippen LogP contribution in [0.2, 0.25) is 0 Å². The van der Waals surface area contributed by atoms with Crippen LogP contribution < -0.4 is 18.9 Å². The van der Waals surface area contributed by atoms with Crippen LogP contribution in [0.1, 0.15) is 12.8 Å². The summed E-state index contributed by atoms with van der Waals surface area (Å²) < 4.78 is 4.94. The molecular formula is C4H12BLiO. The third kappa shape index (κ3) is 4.48. The molecule has 0 radical (unpaired) electrons. The molecule has 0 unspecified atom stereocenters. The van der Waals surface area contributed by atoms with Gasteiger partial charge in [0.2, 0.25) is 0 Å². The summed E-state index contributed by atoms with van der Waals surface area (Å²) in [7, 11) is 0. The van der Waals surface area contributed by atoms with E-state index in [0.717, 1.165) is 13.2 Å². The van der Waals surface area contributed by atoms with Gasteiger partial charge in [-0.1, -0.05) is 8.41 Å². The maximum atomic E-state index is 4.94. The first-order chi connectivity index (χ1) is 2.50. The van der Waals surface area contributed by atoms with E-state index in [1.54, 1.807) is 0 Å². The van der Waals surface area contributed by atoms with E-state index in [1.165, 1.54) is 12.8 Å². The Labute approximate surface area is 58.6 Å². The van der Waals surface area contributed by atoms with Crippen LogP contribution in [0.5, 0.6) is 0 Å². The van der Waals surface area contributed by atoms with Gasteiger partial charge < -0.3 is 4.74 Å². The number of ether oxygens (including phenoxy) is 1. The minimum absolute atomic E-state index is 0. The van der Waals surface area contributed by atoms with E-state index < -0.39 is 0 Å². The fourth-order valence-corrected chi connectivity index (χ4v) is 0.510. The van der Waals surface area contributed by atoms with E-state index in [1.807, 2.05) is 0 Å². The number of hydrogen-bond acceptors (Lipinski definition) is 1. The molecule has 0 bridgehead atoms. The summed E-state index contributed by atoms with van der Waals surface area (Å²) >= 11 is 0. The van der Waals surface area contributed by atoms with Crippen molar-refractivity contribution in [3.8, 4) is 0 Å². The van der Waals surface area contributed by atoms with Gasteiger partial charge >= 0.3 is 18.9 Å². The minimum atomic E-state index is 0. The molecule has 0 amide bonds. The molecule has 0 atom stereocenters. The summed E-state index contributed by atoms with van der Waals surface area (Å²) in [5.74, 6) is 0. The summed E-state index contributed by atoms with van der Waals surface area (Å²) in [4.78, 5) is 0. The molecule has 38 valence electrons. The second-order valence-corrected chi connectivity index (χ2v) is 1.32. The van der Waals surface area contributed by atoms with Crippen LogP contribution in [-0.2, 0) is 4.74 Å². The fraction of sp³-hybridized carbons (Fsp3) is 1.00. The molecule has 1 heterocycles. The predicted molar refractivity (Wildman–Crippen MR) is 31.4 cm³/mol. The molecule has 1 rings (SSSR count). The Hall–Kier alpha value is 0.622. The van der Waals surface area contributed by atoms with Gasteiger partial charge in [0.15, 0.2) is 0 Å². The van der Waals surface area contributed by atoms with Crippen molar-refractivity contribution in [3.05, 3.63) is 0 Å². The fourth-order valence-electron chi connectivity index (χ4n) is 0.510. The molecule has 0 aromatic carbocycles. The van der Waals surface area contributed by atoms with Gasteiger partial charge in [-0.05, 0) is 12.8 Å². The second-order valence-electron chi connectivity index (χ2n) is 1.32. The molecule has 3 heteroatoms. The van der Waals surface area contributed by atoms with Crippen LogP contribution in [0, 0.1) is 0 Å². The third-order valence-corrected chi connectivity index (χ3v) is 0.827. The molecule has 0 saturated carbocycles. The molecule has 0 aromatic rings. The summed E-state index contributed by atoms with van der Waals surface area (Å²) in [5, 5.41) is 0. The maximum Gasteiger partial charge on any atom is 1.00 e. The molecule has 1 fully saturated rings. The van der Waals surface area contributed by atoms with E-state index in [4.69, 9.17) is 4.74 Å². The Morgan fingerprint density at radius 2 is 1.43 bits per heavy atom. The zero-order chi connectivity index (χ0) is 3.54. The summed E-state index contributed by atoms with van der Waals surface area (Å²) in [5.41, 5.74) is 0. The monoisotopic (exact) mass is 94.1 g/mol. The summed E-state index contributed by atoms with van der Waals surface area (Å²) in [6, 6.07) is 0. The van der Waals surface area contributed by atoms with Gasteiger partial charge in [0.05, 0.1) is 0 Å². The number of rotatable bonds is 0. The Morgan fingerprint density at radius 1 is 1.00 bits per heavy atom. The van der Waals surface area contributed by atoms with E-state index in [-0.39, 0.29) is 27.3 Å². The normalized spacial score (nSPS) is 17.1. The quantitative estimate of drug-likeness (QED) is 0.281. The van der Waals surface area contributed by atoms with Gasteiger partial charge in [0.25, 0.3) is 0 Å². The maximum absolute atomic E-state index is 4.94. The van der Waals surface area contributed by atoms with Crippen molar-refractivity contribution >= 4 is 8.41 Å². The Bertz CT molecular complexity index is 23.3. The Kier molecular flexibility index (Phi) is 10.0. The topological polar surface area (TPSA) is 9.23 Å². The first-order valence-electron chi connectivity index (χ1n) is 2.08. The van der Waals surface area contributed by atoms with Gasteiger partial charge in [-0.15, -0.1) is 0 Å². The van der Waals surface area contributed by atoms with Crippen LogP contribution in [0.3, 0.4) is 0 Å². The smallest absolute Gasteiger partial charge is 0.381 e. The summed E-state index contributed by atoms with van der Waals surface area (Å²) in [6.07, 6.45) is 2.56. The Morgan fingerprint density at radius 3 is 1.57 bits per heavy atom. The van der Waals surface area contributed by atoms with Crippen molar-refractivity contribution in [1.82, 2.24) is 0 Å². The molecule has 0 spiro atoms. The molecule has 0 N–H and O–H groups in total. The molecule has 0 aromatic heterocycles.